The lowest BCUT2D eigenvalue weighted by molar-refractivity contribution is 0.447. The van der Waals surface area contributed by atoms with Gasteiger partial charge in [0.25, 0.3) is 0 Å². The number of ether oxygens (including phenoxy) is 2. The Morgan fingerprint density at radius 1 is 0.174 bits per heavy atom. The zero-order chi connectivity index (χ0) is 90.9. The van der Waals surface area contributed by atoms with E-state index in [2.05, 4.69) is 462 Å². The van der Waals surface area contributed by atoms with Crippen molar-refractivity contribution in [2.75, 3.05) is 9.80 Å². The SMILES string of the molecule is CC1(C)c2ccccc2-c2cc(N(c3ccc(-c4cc(-c5ccc6c7c(ccc6c5)C5(c6ccccc6-c6ccc(N(c8ccc(-c9ccc%10c(c9)oc9ccccc9%10)cc8)c8ccc9c(c8)-c8ccccc8C9(C)C)cc65)c5ccc6ccccc6c5O7)cc5c4oc4ccccc45)cc3)c3ccc4c(c3)C3(c5ccccc5-4)c4ccc5ccccc5c4Oc4c3ccc3ccccc43)ccc21. The molecule has 0 fully saturated rings. The fraction of sp³-hybridized carbons (Fsp3) is 0.0606. The summed E-state index contributed by atoms with van der Waals surface area (Å²) in [6.45, 7) is 9.46. The molecule has 6 nitrogen and oxygen atoms in total. The van der Waals surface area contributed by atoms with E-state index >= 15 is 0 Å². The number of fused-ring (bicyclic) bond motifs is 38. The van der Waals surface area contributed by atoms with E-state index in [-0.39, 0.29) is 10.8 Å². The lowest BCUT2D eigenvalue weighted by atomic mass is 9.65. The summed E-state index contributed by atoms with van der Waals surface area (Å²) in [6, 6.07) is 163. The highest BCUT2D eigenvalue weighted by molar-refractivity contribution is 6.13. The maximum Gasteiger partial charge on any atom is 0.143 e. The Morgan fingerprint density at radius 3 is 1.00 bits per heavy atom. The summed E-state index contributed by atoms with van der Waals surface area (Å²) in [5, 5.41) is 13.0. The molecule has 6 heteroatoms. The Bertz CT molecular complexity index is 9430. The third-order valence-electron chi connectivity index (χ3n) is 31.9. The lowest BCUT2D eigenvalue weighted by Crippen LogP contribution is -2.32. The van der Waals surface area contributed by atoms with Crippen molar-refractivity contribution in [2.24, 2.45) is 0 Å². The molecule has 30 rings (SSSR count). The fourth-order valence-corrected chi connectivity index (χ4v) is 25.6. The van der Waals surface area contributed by atoms with E-state index < -0.39 is 10.8 Å². The van der Waals surface area contributed by atoms with Gasteiger partial charge in [0, 0.05) is 116 Å². The van der Waals surface area contributed by atoms with Gasteiger partial charge in [-0.2, -0.15) is 0 Å². The molecule has 0 bridgehead atoms. The van der Waals surface area contributed by atoms with E-state index in [0.29, 0.717) is 0 Å². The molecule has 0 saturated heterocycles. The summed E-state index contributed by atoms with van der Waals surface area (Å²) in [7, 11) is 0. The van der Waals surface area contributed by atoms with Crippen molar-refractivity contribution in [2.45, 2.75) is 49.4 Å². The molecule has 138 heavy (non-hydrogen) atoms. The van der Waals surface area contributed by atoms with Gasteiger partial charge in [0.1, 0.15) is 45.3 Å². The molecule has 24 aromatic rings. The number of hydrogen-bond donors (Lipinski definition) is 0. The monoisotopic (exact) mass is 1760 g/mol. The van der Waals surface area contributed by atoms with Gasteiger partial charge in [-0.15, -0.1) is 0 Å². The quantitative estimate of drug-likeness (QED) is 0.144. The van der Waals surface area contributed by atoms with Crippen LogP contribution in [0.1, 0.15) is 94.5 Å². The number of rotatable bonds is 9. The van der Waals surface area contributed by atoms with E-state index in [1.807, 2.05) is 12.1 Å². The molecule has 4 aliphatic carbocycles. The summed E-state index contributed by atoms with van der Waals surface area (Å²) >= 11 is 0. The van der Waals surface area contributed by atoms with E-state index in [1.165, 1.54) is 89.0 Å². The molecule has 0 amide bonds. The van der Waals surface area contributed by atoms with Crippen molar-refractivity contribution < 1.29 is 18.3 Å². The van der Waals surface area contributed by atoms with Crippen LogP contribution in [0.4, 0.5) is 34.1 Å². The van der Waals surface area contributed by atoms with E-state index in [4.69, 9.17) is 18.3 Å². The third-order valence-corrected chi connectivity index (χ3v) is 31.9. The van der Waals surface area contributed by atoms with Gasteiger partial charge in [-0.25, -0.2) is 0 Å². The predicted octanol–water partition coefficient (Wildman–Crippen LogP) is 35.6. The van der Waals surface area contributed by atoms with Gasteiger partial charge < -0.3 is 28.1 Å². The zero-order valence-corrected chi connectivity index (χ0v) is 76.1. The number of benzene rings is 22. The van der Waals surface area contributed by atoms with Crippen LogP contribution in [0.3, 0.4) is 0 Å². The molecule has 4 heterocycles. The van der Waals surface area contributed by atoms with Crippen LogP contribution in [-0.2, 0) is 21.7 Å². The topological polar surface area (TPSA) is 51.2 Å². The van der Waals surface area contributed by atoms with Crippen LogP contribution in [0.15, 0.2) is 446 Å². The van der Waals surface area contributed by atoms with Crippen molar-refractivity contribution in [3.8, 4) is 101 Å². The molecule has 1 atom stereocenters. The maximum atomic E-state index is 7.83. The molecule has 0 saturated carbocycles. The van der Waals surface area contributed by atoms with Gasteiger partial charge in [-0.1, -0.05) is 349 Å². The van der Waals surface area contributed by atoms with Gasteiger partial charge in [-0.3, -0.25) is 0 Å². The van der Waals surface area contributed by atoms with Gasteiger partial charge >= 0.3 is 0 Å². The lowest BCUT2D eigenvalue weighted by Gasteiger charge is -2.40. The van der Waals surface area contributed by atoms with Crippen molar-refractivity contribution in [3.05, 3.63) is 504 Å². The number of anilines is 6. The molecule has 0 radical (unpaired) electrons. The smallest absolute Gasteiger partial charge is 0.143 e. The number of para-hydroxylation sites is 2. The van der Waals surface area contributed by atoms with Crippen LogP contribution in [-0.4, -0.2) is 0 Å². The van der Waals surface area contributed by atoms with E-state index in [9.17, 15) is 0 Å². The summed E-state index contributed by atoms with van der Waals surface area (Å²) in [5.41, 5.74) is 38.6. The van der Waals surface area contributed by atoms with Crippen LogP contribution in [0.2, 0.25) is 0 Å². The third kappa shape index (κ3) is 10.5. The molecule has 2 aromatic heterocycles. The van der Waals surface area contributed by atoms with Crippen molar-refractivity contribution in [3.63, 3.8) is 0 Å². The van der Waals surface area contributed by atoms with Crippen LogP contribution in [0, 0.1) is 0 Å². The highest BCUT2D eigenvalue weighted by Crippen LogP contribution is 2.68. The Kier molecular flexibility index (Phi) is 15.7. The minimum absolute atomic E-state index is 0.175. The average molecular weight is 1760 g/mol. The number of hydrogen-bond acceptors (Lipinski definition) is 6. The maximum absolute atomic E-state index is 7.83. The number of furan rings is 2. The second kappa shape index (κ2) is 28.2. The minimum atomic E-state index is -0.847. The summed E-state index contributed by atoms with van der Waals surface area (Å²) in [5.74, 6) is 3.48. The first-order chi connectivity index (χ1) is 67.9. The molecule has 6 aliphatic rings. The molecular formula is C132H84N2O4. The average Bonchev–Trinajstić information content (AvgIpc) is 1.48. The van der Waals surface area contributed by atoms with Crippen LogP contribution in [0.25, 0.3) is 165 Å². The van der Waals surface area contributed by atoms with Gasteiger partial charge in [-0.05, 0) is 254 Å². The van der Waals surface area contributed by atoms with Crippen LogP contribution >= 0.6 is 0 Å². The minimum Gasteiger partial charge on any atom is -0.456 e. The van der Waals surface area contributed by atoms with E-state index in [0.717, 1.165) is 200 Å². The normalized spacial score (nSPS) is 15.1. The van der Waals surface area contributed by atoms with E-state index in [1.54, 1.807) is 0 Å². The highest BCUT2D eigenvalue weighted by atomic mass is 16.5. The largest absolute Gasteiger partial charge is 0.456 e. The molecular weight excluding hydrogens is 1680 g/mol. The second-order valence-electron chi connectivity index (χ2n) is 39.5. The summed E-state index contributed by atoms with van der Waals surface area (Å²) < 4.78 is 28.9. The second-order valence-corrected chi connectivity index (χ2v) is 39.5. The first kappa shape index (κ1) is 77.2. The molecule has 2 spiro atoms. The zero-order valence-electron chi connectivity index (χ0n) is 76.1. The molecule has 22 aromatic carbocycles. The molecule has 2 aliphatic heterocycles. The summed E-state index contributed by atoms with van der Waals surface area (Å²) in [4.78, 5) is 4.97. The highest BCUT2D eigenvalue weighted by Gasteiger charge is 2.55. The van der Waals surface area contributed by atoms with Crippen molar-refractivity contribution in [1.29, 1.82) is 0 Å². The molecule has 1 unspecified atom stereocenters. The summed E-state index contributed by atoms with van der Waals surface area (Å²) in [6.07, 6.45) is 0. The Morgan fingerprint density at radius 2 is 0.507 bits per heavy atom. The van der Waals surface area contributed by atoms with Gasteiger partial charge in [0.2, 0.25) is 0 Å². The standard InChI is InChI=1S/C132H84N2O4/c1-129(2)109-35-17-11-31-98(109)106-73-88(57-67-111(106)129)133(86-51-41-77(42-52-86)83-46-60-104-102-33-15-21-39-121(102)135-123(104)72-83)90-55-61-101-97-30-14-20-38-114(97)132(120(101)75-90)117-65-49-80-25-7-10-28-94(80)127(117)138-128-95-59-45-82(69-84(95)50-66-118(128)132)85-70-105(124-108(71-85)103-34-16-22-40-122(103)136-124)81-43-53-87(54-44-81)134(89-58-68-112-107(74-89)99-32-12-18-36-110(99)130(112,3)4)91-56-62-100-96-29-13-19-37-113(96)131(119(100)76-91)115-63-47-78-23-5-8-26-92(78)125(115)137-126-93-27-9-6-24-79(93)48-64-116(126)131/h5-76H,1-4H3. The Labute approximate surface area is 797 Å². The van der Waals surface area contributed by atoms with Gasteiger partial charge in [0.05, 0.1) is 10.8 Å². The number of nitrogens with zero attached hydrogens (tertiary/aromatic N) is 2. The van der Waals surface area contributed by atoms with Gasteiger partial charge in [0.15, 0.2) is 0 Å². The molecule has 0 N–H and O–H groups in total. The predicted molar refractivity (Wildman–Crippen MR) is 567 cm³/mol. The Hall–Kier alpha value is -17.3. The van der Waals surface area contributed by atoms with Crippen molar-refractivity contribution in [1.82, 2.24) is 0 Å². The first-order valence-electron chi connectivity index (χ1n) is 48.0. The van der Waals surface area contributed by atoms with Crippen LogP contribution < -0.4 is 19.3 Å². The molecule has 646 valence electrons. The van der Waals surface area contributed by atoms with Crippen molar-refractivity contribution >= 4 is 121 Å². The fourth-order valence-electron chi connectivity index (χ4n) is 25.6. The van der Waals surface area contributed by atoms with Crippen LogP contribution in [0.5, 0.6) is 23.0 Å². The first-order valence-corrected chi connectivity index (χ1v) is 48.0. The Balaban J connectivity index is 0.572.